The fourth-order valence-corrected chi connectivity index (χ4v) is 2.18. The second kappa shape index (κ2) is 6.33. The van der Waals surface area contributed by atoms with E-state index in [0.717, 1.165) is 6.29 Å². The van der Waals surface area contributed by atoms with Crippen LogP contribution in [0.2, 0.25) is 0 Å². The molecule has 0 radical (unpaired) electrons. The minimum atomic E-state index is -0.718. The Labute approximate surface area is 101 Å². The van der Waals surface area contributed by atoms with Crippen molar-refractivity contribution >= 4 is 18.0 Å². The van der Waals surface area contributed by atoms with E-state index in [1.54, 1.807) is 6.08 Å². The molecule has 0 aromatic heterocycles. The summed E-state index contributed by atoms with van der Waals surface area (Å²) in [5.74, 6) is -0.263. The van der Waals surface area contributed by atoms with E-state index in [1.807, 2.05) is 0 Å². The third-order valence-electron chi connectivity index (χ3n) is 3.17. The summed E-state index contributed by atoms with van der Waals surface area (Å²) in [6, 6.07) is 0. The monoisotopic (exact) mass is 238 g/mol. The number of ketones is 1. The molecule has 0 N–H and O–H groups in total. The molecule has 1 aliphatic carbocycles. The molecule has 0 aromatic rings. The van der Waals surface area contributed by atoms with Gasteiger partial charge in [-0.25, -0.2) is 0 Å². The molecular weight excluding hydrogens is 220 g/mol. The molecule has 4 heteroatoms. The Hall–Kier alpha value is -1.45. The number of hydrogen-bond donors (Lipinski definition) is 0. The molecule has 0 fully saturated rings. The molecule has 0 bridgehead atoms. The summed E-state index contributed by atoms with van der Waals surface area (Å²) >= 11 is 0. The van der Waals surface area contributed by atoms with Gasteiger partial charge in [0.2, 0.25) is 0 Å². The van der Waals surface area contributed by atoms with Crippen molar-refractivity contribution in [1.29, 1.82) is 0 Å². The predicted octanol–water partition coefficient (Wildman–Crippen LogP) is 1.82. The summed E-state index contributed by atoms with van der Waals surface area (Å²) in [7, 11) is 1.35. The van der Waals surface area contributed by atoms with Crippen LogP contribution in [-0.4, -0.2) is 25.1 Å². The minimum Gasteiger partial charge on any atom is -0.468 e. The highest BCUT2D eigenvalue weighted by molar-refractivity contribution is 5.92. The van der Waals surface area contributed by atoms with Crippen LogP contribution in [0.1, 0.15) is 38.5 Å². The molecular formula is C13H18O4. The Kier molecular flexibility index (Phi) is 5.07. The normalized spacial score (nSPS) is 24.2. The van der Waals surface area contributed by atoms with Gasteiger partial charge in [0.25, 0.3) is 0 Å². The van der Waals surface area contributed by atoms with E-state index in [1.165, 1.54) is 13.2 Å². The number of esters is 1. The van der Waals surface area contributed by atoms with Gasteiger partial charge in [0.05, 0.1) is 12.5 Å². The zero-order valence-corrected chi connectivity index (χ0v) is 10.1. The summed E-state index contributed by atoms with van der Waals surface area (Å²) in [4.78, 5) is 33.5. The van der Waals surface area contributed by atoms with E-state index < -0.39 is 5.41 Å². The van der Waals surface area contributed by atoms with E-state index in [2.05, 4.69) is 0 Å². The Balaban J connectivity index is 2.84. The molecule has 4 nitrogen and oxygen atoms in total. The molecule has 1 atom stereocenters. The second-order valence-corrected chi connectivity index (χ2v) is 4.36. The molecule has 17 heavy (non-hydrogen) atoms. The molecule has 0 aliphatic heterocycles. The van der Waals surface area contributed by atoms with Crippen LogP contribution in [-0.2, 0) is 19.1 Å². The number of ether oxygens (including phenoxy) is 1. The zero-order chi connectivity index (χ0) is 12.7. The highest BCUT2D eigenvalue weighted by atomic mass is 16.5. The van der Waals surface area contributed by atoms with Crippen LogP contribution in [0.15, 0.2) is 12.2 Å². The number of hydrogen-bond acceptors (Lipinski definition) is 4. The van der Waals surface area contributed by atoms with Crippen LogP contribution >= 0.6 is 0 Å². The van der Waals surface area contributed by atoms with Crippen molar-refractivity contribution in [3.63, 3.8) is 0 Å². The maximum absolute atomic E-state index is 11.9. The second-order valence-electron chi connectivity index (χ2n) is 4.36. The lowest BCUT2D eigenvalue weighted by molar-refractivity contribution is -0.150. The van der Waals surface area contributed by atoms with E-state index in [4.69, 9.17) is 4.74 Å². The lowest BCUT2D eigenvalue weighted by Gasteiger charge is -2.26. The van der Waals surface area contributed by atoms with Crippen LogP contribution in [0, 0.1) is 5.41 Å². The van der Waals surface area contributed by atoms with E-state index in [-0.39, 0.29) is 11.8 Å². The van der Waals surface area contributed by atoms with Gasteiger partial charge in [0.15, 0.2) is 5.78 Å². The fraction of sp³-hybridized carbons (Fsp3) is 0.615. The van der Waals surface area contributed by atoms with Crippen molar-refractivity contribution in [2.45, 2.75) is 38.5 Å². The highest BCUT2D eigenvalue weighted by Crippen LogP contribution is 2.36. The van der Waals surface area contributed by atoms with E-state index in [0.29, 0.717) is 38.5 Å². The minimum absolute atomic E-state index is 0.0474. The van der Waals surface area contributed by atoms with Crippen LogP contribution in [0.3, 0.4) is 0 Å². The number of carbonyl (C=O) groups is 3. The van der Waals surface area contributed by atoms with Gasteiger partial charge in [-0.3, -0.25) is 9.59 Å². The summed E-state index contributed by atoms with van der Waals surface area (Å²) in [6.45, 7) is 0. The van der Waals surface area contributed by atoms with Crippen LogP contribution < -0.4 is 0 Å². The van der Waals surface area contributed by atoms with Gasteiger partial charge in [-0.1, -0.05) is 6.08 Å². The Morgan fingerprint density at radius 1 is 1.59 bits per heavy atom. The zero-order valence-electron chi connectivity index (χ0n) is 10.1. The van der Waals surface area contributed by atoms with Crippen molar-refractivity contribution < 1.29 is 19.1 Å². The summed E-state index contributed by atoms with van der Waals surface area (Å²) in [5, 5.41) is 0. The van der Waals surface area contributed by atoms with E-state index in [9.17, 15) is 14.4 Å². The average Bonchev–Trinajstić information content (AvgIpc) is 2.52. The van der Waals surface area contributed by atoms with Crippen LogP contribution in [0.5, 0.6) is 0 Å². The number of methoxy groups -OCH3 is 1. The number of allylic oxidation sites excluding steroid dienone is 1. The quantitative estimate of drug-likeness (QED) is 0.416. The molecule has 0 unspecified atom stereocenters. The van der Waals surface area contributed by atoms with Crippen molar-refractivity contribution in [1.82, 2.24) is 0 Å². The Bertz CT molecular complexity index is 332. The molecule has 1 rings (SSSR count). The SMILES string of the molecule is COC(=O)[C@]1(CCCC=O)C=CC(=O)CCC1. The van der Waals surface area contributed by atoms with E-state index >= 15 is 0 Å². The number of aldehydes is 1. The standard InChI is InChI=1S/C13H18O4/c1-17-12(16)13(7-2-3-10-14)8-4-5-11(15)6-9-13/h6,9-10H,2-5,7-8H2,1H3/t13-/m0/s1. The lowest BCUT2D eigenvalue weighted by atomic mass is 9.79. The first kappa shape index (κ1) is 13.6. The molecule has 0 spiro atoms. The number of carbonyl (C=O) groups excluding carboxylic acids is 3. The fourth-order valence-electron chi connectivity index (χ4n) is 2.18. The van der Waals surface area contributed by atoms with Crippen LogP contribution in [0.4, 0.5) is 0 Å². The number of unbranched alkanes of at least 4 members (excludes halogenated alkanes) is 1. The predicted molar refractivity (Wildman–Crippen MR) is 62.4 cm³/mol. The summed E-state index contributed by atoms with van der Waals surface area (Å²) in [5.41, 5.74) is -0.718. The maximum atomic E-state index is 11.9. The van der Waals surface area contributed by atoms with Crippen molar-refractivity contribution in [2.75, 3.05) is 7.11 Å². The third-order valence-corrected chi connectivity index (χ3v) is 3.17. The first-order chi connectivity index (χ1) is 8.14. The van der Waals surface area contributed by atoms with Gasteiger partial charge in [-0.15, -0.1) is 0 Å². The summed E-state index contributed by atoms with van der Waals surface area (Å²) < 4.78 is 4.82. The van der Waals surface area contributed by atoms with Crippen molar-refractivity contribution in [3.8, 4) is 0 Å². The van der Waals surface area contributed by atoms with Gasteiger partial charge < -0.3 is 9.53 Å². The van der Waals surface area contributed by atoms with Crippen LogP contribution in [0.25, 0.3) is 0 Å². The first-order valence-corrected chi connectivity index (χ1v) is 5.89. The topological polar surface area (TPSA) is 60.4 Å². The summed E-state index contributed by atoms with van der Waals surface area (Å²) in [6.07, 6.45) is 7.38. The smallest absolute Gasteiger partial charge is 0.315 e. The third kappa shape index (κ3) is 3.51. The van der Waals surface area contributed by atoms with Gasteiger partial charge in [0.1, 0.15) is 6.29 Å². The molecule has 1 aliphatic rings. The molecule has 94 valence electrons. The van der Waals surface area contributed by atoms with Gasteiger partial charge in [-0.05, 0) is 31.8 Å². The van der Waals surface area contributed by atoms with Gasteiger partial charge >= 0.3 is 5.97 Å². The van der Waals surface area contributed by atoms with Gasteiger partial charge in [0, 0.05) is 12.8 Å². The molecule has 0 aromatic carbocycles. The number of rotatable bonds is 5. The van der Waals surface area contributed by atoms with Crippen molar-refractivity contribution in [3.05, 3.63) is 12.2 Å². The maximum Gasteiger partial charge on any atom is 0.315 e. The van der Waals surface area contributed by atoms with Gasteiger partial charge in [-0.2, -0.15) is 0 Å². The molecule has 0 saturated carbocycles. The van der Waals surface area contributed by atoms with Crippen molar-refractivity contribution in [2.24, 2.45) is 5.41 Å². The Morgan fingerprint density at radius 3 is 3.00 bits per heavy atom. The molecule has 0 heterocycles. The highest BCUT2D eigenvalue weighted by Gasteiger charge is 2.37. The average molecular weight is 238 g/mol. The molecule has 0 amide bonds. The lowest BCUT2D eigenvalue weighted by Crippen LogP contribution is -2.30. The largest absolute Gasteiger partial charge is 0.468 e. The Morgan fingerprint density at radius 2 is 2.35 bits per heavy atom. The molecule has 0 saturated heterocycles. The first-order valence-electron chi connectivity index (χ1n) is 5.89.